The summed E-state index contributed by atoms with van der Waals surface area (Å²) in [6.45, 7) is 13.6. The molecule has 156 valence electrons. The van der Waals surface area contributed by atoms with E-state index in [4.69, 9.17) is 14.2 Å². The average molecular weight is 458 g/mol. The number of aryl methyl sites for hydroxylation is 1. The predicted molar refractivity (Wildman–Crippen MR) is 110 cm³/mol. The number of carbonyl (C=O) groups excluding carboxylic acids is 3. The van der Waals surface area contributed by atoms with E-state index in [0.29, 0.717) is 10.0 Å². The Labute approximate surface area is 174 Å². The van der Waals surface area contributed by atoms with Crippen molar-refractivity contribution in [2.75, 3.05) is 11.5 Å². The highest BCUT2D eigenvalue weighted by molar-refractivity contribution is 9.10. The second-order valence-electron chi connectivity index (χ2n) is 8.14. The van der Waals surface area contributed by atoms with Crippen LogP contribution in [0.15, 0.2) is 16.6 Å². The molecular weight excluding hydrogens is 430 g/mol. The lowest BCUT2D eigenvalue weighted by atomic mass is 10.1. The van der Waals surface area contributed by atoms with Crippen molar-refractivity contribution in [1.29, 1.82) is 0 Å². The molecule has 7 nitrogen and oxygen atoms in total. The van der Waals surface area contributed by atoms with Crippen LogP contribution < -0.4 is 4.90 Å². The summed E-state index contributed by atoms with van der Waals surface area (Å²) in [5.74, 6) is -0.668. The van der Waals surface area contributed by atoms with Gasteiger partial charge in [-0.05, 0) is 73.1 Å². The molecule has 0 N–H and O–H groups in total. The number of imide groups is 1. The van der Waals surface area contributed by atoms with Crippen LogP contribution in [0.3, 0.4) is 0 Å². The van der Waals surface area contributed by atoms with E-state index in [1.165, 1.54) is 6.07 Å². The van der Waals surface area contributed by atoms with Crippen LogP contribution in [0.4, 0.5) is 15.3 Å². The van der Waals surface area contributed by atoms with E-state index in [0.717, 1.165) is 4.90 Å². The number of hydrogen-bond donors (Lipinski definition) is 0. The summed E-state index contributed by atoms with van der Waals surface area (Å²) >= 11 is 3.33. The summed E-state index contributed by atoms with van der Waals surface area (Å²) in [6.07, 6.45) is -1.89. The highest BCUT2D eigenvalue weighted by Crippen LogP contribution is 2.32. The summed E-state index contributed by atoms with van der Waals surface area (Å²) in [7, 11) is 0. The first-order chi connectivity index (χ1) is 12.7. The minimum Gasteiger partial charge on any atom is -0.462 e. The fourth-order valence-electron chi connectivity index (χ4n) is 2.27. The number of benzene rings is 1. The molecule has 2 amide bonds. The molecule has 0 fully saturated rings. The number of ether oxygens (including phenoxy) is 3. The van der Waals surface area contributed by atoms with Gasteiger partial charge in [0.05, 0.1) is 17.9 Å². The first-order valence-corrected chi connectivity index (χ1v) is 9.69. The van der Waals surface area contributed by atoms with Crippen molar-refractivity contribution in [3.63, 3.8) is 0 Å². The van der Waals surface area contributed by atoms with E-state index in [1.54, 1.807) is 61.5 Å². The average Bonchev–Trinajstić information content (AvgIpc) is 2.45. The van der Waals surface area contributed by atoms with Gasteiger partial charge in [0.2, 0.25) is 0 Å². The van der Waals surface area contributed by atoms with Crippen LogP contribution in [0.5, 0.6) is 0 Å². The standard InChI is InChI=1S/C20H28BrNO6/c1-9-26-16(23)14-11-13(21)10-12(2)15(14)22(17(24)27-19(3,4)5)18(25)28-20(6,7)8/h10-11H,9H2,1-8H3. The first-order valence-electron chi connectivity index (χ1n) is 8.89. The Morgan fingerprint density at radius 3 is 1.82 bits per heavy atom. The van der Waals surface area contributed by atoms with Crippen LogP contribution in [0, 0.1) is 6.92 Å². The molecule has 0 heterocycles. The van der Waals surface area contributed by atoms with E-state index in [2.05, 4.69) is 15.9 Å². The summed E-state index contributed by atoms with van der Waals surface area (Å²) in [5.41, 5.74) is -1.11. The minimum absolute atomic E-state index is 0.0467. The van der Waals surface area contributed by atoms with Gasteiger partial charge in [0.1, 0.15) is 11.2 Å². The normalized spacial score (nSPS) is 11.6. The van der Waals surface area contributed by atoms with Crippen molar-refractivity contribution in [2.45, 2.75) is 66.6 Å². The number of esters is 1. The molecule has 0 atom stereocenters. The summed E-state index contributed by atoms with van der Waals surface area (Å²) in [4.78, 5) is 39.0. The van der Waals surface area contributed by atoms with Crippen molar-refractivity contribution < 1.29 is 28.6 Å². The highest BCUT2D eigenvalue weighted by atomic mass is 79.9. The number of nitrogens with zero attached hydrogens (tertiary/aromatic N) is 1. The van der Waals surface area contributed by atoms with Crippen molar-refractivity contribution in [1.82, 2.24) is 0 Å². The van der Waals surface area contributed by atoms with Crippen LogP contribution >= 0.6 is 15.9 Å². The highest BCUT2D eigenvalue weighted by Gasteiger charge is 2.36. The lowest BCUT2D eigenvalue weighted by Gasteiger charge is -2.30. The largest absolute Gasteiger partial charge is 0.462 e. The second-order valence-corrected chi connectivity index (χ2v) is 9.05. The Kier molecular flexibility index (Phi) is 7.65. The molecule has 1 rings (SSSR count). The molecular formula is C20H28BrNO6. The summed E-state index contributed by atoms with van der Waals surface area (Å²) in [5, 5.41) is 0. The van der Waals surface area contributed by atoms with Crippen molar-refractivity contribution in [2.24, 2.45) is 0 Å². The number of amides is 2. The molecule has 0 aliphatic heterocycles. The van der Waals surface area contributed by atoms with Gasteiger partial charge in [-0.25, -0.2) is 14.4 Å². The first kappa shape index (κ1) is 23.9. The van der Waals surface area contributed by atoms with Gasteiger partial charge in [-0.2, -0.15) is 4.90 Å². The number of carbonyl (C=O) groups is 3. The van der Waals surface area contributed by atoms with Crippen molar-refractivity contribution >= 4 is 39.8 Å². The van der Waals surface area contributed by atoms with Gasteiger partial charge in [-0.15, -0.1) is 0 Å². The van der Waals surface area contributed by atoms with Crippen LogP contribution in [-0.2, 0) is 14.2 Å². The SMILES string of the molecule is CCOC(=O)c1cc(Br)cc(C)c1N(C(=O)OC(C)(C)C)C(=O)OC(C)(C)C. The molecule has 1 aromatic carbocycles. The lowest BCUT2D eigenvalue weighted by Crippen LogP contribution is -2.44. The van der Waals surface area contributed by atoms with Gasteiger partial charge in [0.15, 0.2) is 0 Å². The van der Waals surface area contributed by atoms with Gasteiger partial charge in [0, 0.05) is 4.47 Å². The fourth-order valence-corrected chi connectivity index (χ4v) is 2.84. The number of rotatable bonds is 3. The molecule has 0 unspecified atom stereocenters. The zero-order chi connectivity index (χ0) is 21.9. The molecule has 8 heteroatoms. The van der Waals surface area contributed by atoms with E-state index in [1.807, 2.05) is 0 Å². The second kappa shape index (κ2) is 8.94. The van der Waals surface area contributed by atoms with Crippen molar-refractivity contribution in [3.8, 4) is 0 Å². The maximum atomic E-state index is 12.9. The summed E-state index contributed by atoms with van der Waals surface area (Å²) in [6, 6.07) is 3.17. The minimum atomic E-state index is -0.947. The topological polar surface area (TPSA) is 82.1 Å². The molecule has 0 saturated carbocycles. The fraction of sp³-hybridized carbons (Fsp3) is 0.550. The third kappa shape index (κ3) is 6.82. The Bertz CT molecular complexity index is 733. The van der Waals surface area contributed by atoms with Crippen LogP contribution in [0.25, 0.3) is 0 Å². The van der Waals surface area contributed by atoms with E-state index < -0.39 is 29.4 Å². The van der Waals surface area contributed by atoms with Gasteiger partial charge < -0.3 is 14.2 Å². The molecule has 28 heavy (non-hydrogen) atoms. The molecule has 0 saturated heterocycles. The van der Waals surface area contributed by atoms with Crippen LogP contribution in [0.2, 0.25) is 0 Å². The Morgan fingerprint density at radius 1 is 0.964 bits per heavy atom. The van der Waals surface area contributed by atoms with E-state index >= 15 is 0 Å². The van der Waals surface area contributed by atoms with Gasteiger partial charge in [0.25, 0.3) is 0 Å². The Morgan fingerprint density at radius 2 is 1.43 bits per heavy atom. The molecule has 0 bridgehead atoms. The molecule has 0 aromatic heterocycles. The Balaban J connectivity index is 3.63. The van der Waals surface area contributed by atoms with E-state index in [9.17, 15) is 14.4 Å². The van der Waals surface area contributed by atoms with Gasteiger partial charge >= 0.3 is 18.2 Å². The monoisotopic (exact) mass is 457 g/mol. The van der Waals surface area contributed by atoms with Crippen molar-refractivity contribution in [3.05, 3.63) is 27.7 Å². The molecule has 0 aliphatic rings. The number of hydrogen-bond acceptors (Lipinski definition) is 6. The number of anilines is 1. The molecule has 0 aliphatic carbocycles. The van der Waals surface area contributed by atoms with Gasteiger partial charge in [-0.3, -0.25) is 0 Å². The molecule has 0 radical (unpaired) electrons. The smallest absolute Gasteiger partial charge is 0.424 e. The lowest BCUT2D eigenvalue weighted by molar-refractivity contribution is 0.0430. The third-order valence-corrected chi connectivity index (χ3v) is 3.59. The van der Waals surface area contributed by atoms with E-state index in [-0.39, 0.29) is 17.9 Å². The predicted octanol–water partition coefficient (Wildman–Crippen LogP) is 5.61. The van der Waals surface area contributed by atoms with Crippen LogP contribution in [-0.4, -0.2) is 36.0 Å². The van der Waals surface area contributed by atoms with Gasteiger partial charge in [-0.1, -0.05) is 15.9 Å². The Hall–Kier alpha value is -2.09. The quantitative estimate of drug-likeness (QED) is 0.433. The maximum absolute atomic E-state index is 12.9. The zero-order valence-electron chi connectivity index (χ0n) is 17.6. The summed E-state index contributed by atoms with van der Waals surface area (Å²) < 4.78 is 16.5. The number of halogens is 1. The molecule has 1 aromatic rings. The maximum Gasteiger partial charge on any atom is 0.424 e. The third-order valence-electron chi connectivity index (χ3n) is 3.14. The zero-order valence-corrected chi connectivity index (χ0v) is 19.2. The van der Waals surface area contributed by atoms with Crippen LogP contribution in [0.1, 0.15) is 64.4 Å². The molecule has 0 spiro atoms.